The fourth-order valence-electron chi connectivity index (χ4n) is 6.46. The van der Waals surface area contributed by atoms with Crippen molar-refractivity contribution in [2.45, 2.75) is 85.4 Å². The molecule has 3 nitrogen and oxygen atoms in total. The lowest BCUT2D eigenvalue weighted by molar-refractivity contribution is -0.586. The smallest absolute Gasteiger partial charge is 0.296 e. The normalized spacial score (nSPS) is 15.4. The molecule has 5 rings (SSSR count). The fourth-order valence-corrected chi connectivity index (χ4v) is 11.3. The number of aromatic nitrogens is 2. The van der Waals surface area contributed by atoms with E-state index in [0.29, 0.717) is 23.0 Å². The van der Waals surface area contributed by atoms with Gasteiger partial charge in [0.25, 0.3) is 13.8 Å². The maximum absolute atomic E-state index is 7.22. The molecule has 2 aromatic carbocycles. The van der Waals surface area contributed by atoms with Crippen molar-refractivity contribution in [3.05, 3.63) is 47.7 Å². The Morgan fingerprint density at radius 3 is 2.03 bits per heavy atom. The number of rotatable bonds is 4. The van der Waals surface area contributed by atoms with E-state index in [1.807, 2.05) is 0 Å². The number of pyridine rings is 1. The van der Waals surface area contributed by atoms with Gasteiger partial charge in [-0.1, -0.05) is 70.3 Å². The van der Waals surface area contributed by atoms with E-state index in [9.17, 15) is 0 Å². The van der Waals surface area contributed by atoms with E-state index in [2.05, 4.69) is 108 Å². The molecule has 0 saturated carbocycles. The van der Waals surface area contributed by atoms with Crippen LogP contribution in [0.4, 0.5) is 0 Å². The van der Waals surface area contributed by atoms with Gasteiger partial charge in [0, 0.05) is 10.9 Å². The second kappa shape index (κ2) is 7.08. The van der Waals surface area contributed by atoms with Gasteiger partial charge in [-0.3, -0.25) is 0 Å². The molecule has 0 saturated heterocycles. The predicted octanol–water partition coefficient (Wildman–Crippen LogP) is 6.91. The summed E-state index contributed by atoms with van der Waals surface area (Å²) in [5, 5.41) is 5.45. The predicted molar refractivity (Wildman–Crippen MR) is 138 cm³/mol. The van der Waals surface area contributed by atoms with Crippen molar-refractivity contribution in [3.8, 4) is 5.75 Å². The summed E-state index contributed by atoms with van der Waals surface area (Å²) >= 11 is 0. The van der Waals surface area contributed by atoms with Crippen LogP contribution in [0.2, 0.25) is 11.1 Å². The van der Waals surface area contributed by atoms with Crippen molar-refractivity contribution in [1.29, 1.82) is 0 Å². The third kappa shape index (κ3) is 2.50. The average Bonchev–Trinajstić information content (AvgIpc) is 3.05. The van der Waals surface area contributed by atoms with E-state index in [0.717, 1.165) is 5.75 Å². The standard InChI is InChI=1S/C28H37N2OSi/c1-16(2)21-12-10-14-23-22-13-11-15-24-25(22)27-28(32(31-24,18(5)6)19(7)8)20(9)29(17(3)4)30(27)26(21)23/h10-19H,1-9H3/q+1. The van der Waals surface area contributed by atoms with Gasteiger partial charge >= 0.3 is 0 Å². The molecular formula is C28H37N2OSi+. The van der Waals surface area contributed by atoms with E-state index < -0.39 is 8.32 Å². The molecular weight excluding hydrogens is 408 g/mol. The highest BCUT2D eigenvalue weighted by Gasteiger charge is 2.55. The summed E-state index contributed by atoms with van der Waals surface area (Å²) in [6.07, 6.45) is 0. The maximum atomic E-state index is 7.22. The number of para-hydroxylation sites is 1. The molecule has 32 heavy (non-hydrogen) atoms. The van der Waals surface area contributed by atoms with E-state index in [-0.39, 0.29) is 0 Å². The zero-order valence-electron chi connectivity index (χ0n) is 21.1. The first kappa shape index (κ1) is 21.5. The van der Waals surface area contributed by atoms with Gasteiger partial charge in [-0.15, -0.1) is 4.68 Å². The van der Waals surface area contributed by atoms with Crippen LogP contribution in [0.3, 0.4) is 0 Å². The maximum Gasteiger partial charge on any atom is 0.296 e. The molecule has 3 heterocycles. The van der Waals surface area contributed by atoms with Crippen molar-refractivity contribution in [3.63, 3.8) is 0 Å². The van der Waals surface area contributed by atoms with Crippen LogP contribution in [-0.4, -0.2) is 13.0 Å². The minimum absolute atomic E-state index is 0.355. The molecule has 4 aromatic rings. The zero-order valence-corrected chi connectivity index (χ0v) is 22.1. The Labute approximate surface area is 193 Å². The summed E-state index contributed by atoms with van der Waals surface area (Å²) in [7, 11) is -2.31. The minimum Gasteiger partial charge on any atom is -0.538 e. The Kier molecular flexibility index (Phi) is 4.76. The monoisotopic (exact) mass is 445 g/mol. The quantitative estimate of drug-likeness (QED) is 0.190. The molecule has 0 atom stereocenters. The fraction of sp³-hybridized carbons (Fsp3) is 0.464. The largest absolute Gasteiger partial charge is 0.538 e. The number of benzene rings is 2. The van der Waals surface area contributed by atoms with E-state index in [1.165, 1.54) is 43.6 Å². The first-order valence-corrected chi connectivity index (χ1v) is 14.3. The molecule has 0 amide bonds. The third-order valence-corrected chi connectivity index (χ3v) is 13.1. The molecule has 2 aromatic heterocycles. The Balaban J connectivity index is 2.19. The lowest BCUT2D eigenvalue weighted by atomic mass is 9.96. The summed E-state index contributed by atoms with van der Waals surface area (Å²) in [5.41, 5.74) is 6.53. The zero-order chi connectivity index (χ0) is 23.1. The summed E-state index contributed by atoms with van der Waals surface area (Å²) < 4.78 is 12.4. The first-order valence-electron chi connectivity index (χ1n) is 12.3. The number of nitrogens with zero attached hydrogens (tertiary/aromatic N) is 2. The van der Waals surface area contributed by atoms with Gasteiger partial charge in [0.15, 0.2) is 0 Å². The Morgan fingerprint density at radius 1 is 0.812 bits per heavy atom. The molecule has 1 aliphatic rings. The third-order valence-electron chi connectivity index (χ3n) is 7.70. The molecule has 0 fully saturated rings. The second-order valence-corrected chi connectivity index (χ2v) is 15.4. The van der Waals surface area contributed by atoms with E-state index in [4.69, 9.17) is 4.43 Å². The van der Waals surface area contributed by atoms with Crippen molar-refractivity contribution in [1.82, 2.24) is 4.68 Å². The highest BCUT2D eigenvalue weighted by molar-refractivity contribution is 6.91. The van der Waals surface area contributed by atoms with Crippen LogP contribution in [0, 0.1) is 6.92 Å². The van der Waals surface area contributed by atoms with E-state index in [1.54, 1.807) is 0 Å². The van der Waals surface area contributed by atoms with Crippen LogP contribution in [0.1, 0.15) is 78.6 Å². The van der Waals surface area contributed by atoms with Crippen LogP contribution in [0.15, 0.2) is 36.4 Å². The lowest BCUT2D eigenvalue weighted by Gasteiger charge is -2.40. The molecule has 1 aliphatic heterocycles. The van der Waals surface area contributed by atoms with Gasteiger partial charge in [0.2, 0.25) is 5.52 Å². The molecule has 0 spiro atoms. The number of fused-ring (bicyclic) bond motifs is 3. The van der Waals surface area contributed by atoms with Gasteiger partial charge < -0.3 is 4.43 Å². The summed E-state index contributed by atoms with van der Waals surface area (Å²) in [4.78, 5) is 0. The summed E-state index contributed by atoms with van der Waals surface area (Å²) in [5.74, 6) is 1.53. The number of hydrogen-bond acceptors (Lipinski definition) is 1. The summed E-state index contributed by atoms with van der Waals surface area (Å²) in [6.45, 7) is 21.1. The van der Waals surface area contributed by atoms with Crippen LogP contribution in [0.5, 0.6) is 5.75 Å². The van der Waals surface area contributed by atoms with Crippen molar-refractivity contribution < 1.29 is 8.94 Å². The van der Waals surface area contributed by atoms with Gasteiger partial charge in [-0.2, -0.15) is 0 Å². The minimum atomic E-state index is -2.31. The van der Waals surface area contributed by atoms with Crippen LogP contribution < -0.4 is 14.1 Å². The Bertz CT molecular complexity index is 1370. The highest BCUT2D eigenvalue weighted by atomic mass is 28.4. The lowest BCUT2D eigenvalue weighted by Crippen LogP contribution is -2.61. The van der Waals surface area contributed by atoms with Crippen molar-refractivity contribution >= 4 is 40.7 Å². The molecule has 0 unspecified atom stereocenters. The van der Waals surface area contributed by atoms with Gasteiger partial charge in [0.05, 0.1) is 27.7 Å². The van der Waals surface area contributed by atoms with Crippen LogP contribution >= 0.6 is 0 Å². The van der Waals surface area contributed by atoms with Gasteiger partial charge in [-0.05, 0) is 49.9 Å². The van der Waals surface area contributed by atoms with Crippen molar-refractivity contribution in [2.24, 2.45) is 0 Å². The molecule has 168 valence electrons. The first-order chi connectivity index (χ1) is 15.1. The molecule has 4 heteroatoms. The molecule has 0 aliphatic carbocycles. The Hall–Kier alpha value is -2.33. The second-order valence-electron chi connectivity index (χ2n) is 10.8. The Morgan fingerprint density at radius 2 is 1.44 bits per heavy atom. The summed E-state index contributed by atoms with van der Waals surface area (Å²) in [6, 6.07) is 13.9. The van der Waals surface area contributed by atoms with Crippen LogP contribution in [0.25, 0.3) is 27.2 Å². The molecule has 0 N–H and O–H groups in total. The average molecular weight is 446 g/mol. The van der Waals surface area contributed by atoms with Crippen LogP contribution in [-0.2, 0) is 0 Å². The van der Waals surface area contributed by atoms with Gasteiger partial charge in [-0.25, -0.2) is 0 Å². The highest BCUT2D eigenvalue weighted by Crippen LogP contribution is 2.45. The topological polar surface area (TPSA) is 18.3 Å². The molecule has 0 bridgehead atoms. The SMILES string of the molecule is Cc1c2c3c4c(cccc4c4cccc(C(C)C)c4[n+]3n1C(C)C)O[Si]2(C(C)C)C(C)C. The van der Waals surface area contributed by atoms with Gasteiger partial charge in [0.1, 0.15) is 5.75 Å². The number of hydrogen-bond donors (Lipinski definition) is 0. The van der Waals surface area contributed by atoms with E-state index >= 15 is 0 Å². The van der Waals surface area contributed by atoms with Crippen molar-refractivity contribution in [2.75, 3.05) is 0 Å². The molecule has 0 radical (unpaired) electrons.